The standard InChI is InChI=1S/C24H26ClN5O2/c1-24(14-21(31)30(23(26)28-24)17-8-11-32-12-9-17)19-7-4-5-16(22(19)25)13-20-27-15-18-6-2-3-10-29(18)20/h2-7,10,15,17H,8-9,11-14H2,1H3,(H2,26,28)/t24-/m0/s1. The van der Waals surface area contributed by atoms with Gasteiger partial charge in [-0.2, -0.15) is 0 Å². The van der Waals surface area contributed by atoms with E-state index in [4.69, 9.17) is 27.1 Å². The fraction of sp³-hybridized carbons (Fsp3) is 0.375. The number of hydrogen-bond donors (Lipinski definition) is 1. The monoisotopic (exact) mass is 451 g/mol. The van der Waals surface area contributed by atoms with Crippen LogP contribution >= 0.6 is 11.6 Å². The van der Waals surface area contributed by atoms with Crippen molar-refractivity contribution in [3.8, 4) is 0 Å². The van der Waals surface area contributed by atoms with E-state index in [2.05, 4.69) is 9.38 Å². The van der Waals surface area contributed by atoms with E-state index in [9.17, 15) is 4.79 Å². The molecule has 32 heavy (non-hydrogen) atoms. The van der Waals surface area contributed by atoms with E-state index in [1.165, 1.54) is 0 Å². The van der Waals surface area contributed by atoms with Crippen molar-refractivity contribution in [1.82, 2.24) is 14.3 Å². The van der Waals surface area contributed by atoms with Crippen LogP contribution in [0.15, 0.2) is 53.8 Å². The van der Waals surface area contributed by atoms with Gasteiger partial charge in [-0.15, -0.1) is 0 Å². The number of halogens is 1. The molecule has 5 rings (SSSR count). The van der Waals surface area contributed by atoms with Crippen LogP contribution in [-0.4, -0.2) is 45.4 Å². The summed E-state index contributed by atoms with van der Waals surface area (Å²) in [7, 11) is 0. The first-order chi connectivity index (χ1) is 15.5. The second-order valence-electron chi connectivity index (χ2n) is 8.65. The minimum absolute atomic E-state index is 0.0207. The smallest absolute Gasteiger partial charge is 0.232 e. The summed E-state index contributed by atoms with van der Waals surface area (Å²) in [6, 6.07) is 11.9. The minimum atomic E-state index is -0.815. The van der Waals surface area contributed by atoms with Gasteiger partial charge < -0.3 is 14.9 Å². The molecule has 7 nitrogen and oxygen atoms in total. The molecule has 2 aliphatic rings. The zero-order valence-corrected chi connectivity index (χ0v) is 18.8. The van der Waals surface area contributed by atoms with Crippen LogP contribution in [0.4, 0.5) is 0 Å². The van der Waals surface area contributed by atoms with Gasteiger partial charge in [-0.25, -0.2) is 9.98 Å². The van der Waals surface area contributed by atoms with Crippen LogP contribution in [0.2, 0.25) is 5.02 Å². The number of rotatable bonds is 4. The van der Waals surface area contributed by atoms with Crippen molar-refractivity contribution >= 4 is 29.0 Å². The molecule has 3 aromatic rings. The summed E-state index contributed by atoms with van der Waals surface area (Å²) in [5.41, 5.74) is 8.29. The Hall–Kier alpha value is -2.90. The fourth-order valence-electron chi connectivity index (χ4n) is 4.78. The van der Waals surface area contributed by atoms with Gasteiger partial charge in [-0.05, 0) is 43.0 Å². The van der Waals surface area contributed by atoms with E-state index in [0.717, 1.165) is 35.3 Å². The molecule has 2 aromatic heterocycles. The normalized spacial score (nSPS) is 22.4. The summed E-state index contributed by atoms with van der Waals surface area (Å²) in [6.45, 7) is 3.19. The molecule has 166 valence electrons. The third-order valence-electron chi connectivity index (χ3n) is 6.45. The maximum atomic E-state index is 13.2. The number of pyridine rings is 1. The van der Waals surface area contributed by atoms with Gasteiger partial charge in [-0.1, -0.05) is 35.9 Å². The highest BCUT2D eigenvalue weighted by Crippen LogP contribution is 2.39. The predicted molar refractivity (Wildman–Crippen MR) is 124 cm³/mol. The van der Waals surface area contributed by atoms with Crippen molar-refractivity contribution in [2.45, 2.75) is 44.2 Å². The van der Waals surface area contributed by atoms with Crippen molar-refractivity contribution in [2.75, 3.05) is 13.2 Å². The van der Waals surface area contributed by atoms with Crippen molar-refractivity contribution in [2.24, 2.45) is 10.7 Å². The number of fused-ring (bicyclic) bond motifs is 1. The molecule has 0 bridgehead atoms. The Bertz CT molecular complexity index is 1200. The van der Waals surface area contributed by atoms with E-state index >= 15 is 0 Å². The van der Waals surface area contributed by atoms with Crippen LogP contribution in [0.25, 0.3) is 5.52 Å². The number of imidazole rings is 1. The first-order valence-electron chi connectivity index (χ1n) is 10.9. The lowest BCUT2D eigenvalue weighted by Gasteiger charge is -2.40. The quantitative estimate of drug-likeness (QED) is 0.657. The molecule has 2 N–H and O–H groups in total. The van der Waals surface area contributed by atoms with Crippen LogP contribution in [0.5, 0.6) is 0 Å². The van der Waals surface area contributed by atoms with E-state index < -0.39 is 5.54 Å². The van der Waals surface area contributed by atoms with E-state index in [-0.39, 0.29) is 24.3 Å². The van der Waals surface area contributed by atoms with E-state index in [1.807, 2.05) is 55.7 Å². The highest BCUT2D eigenvalue weighted by atomic mass is 35.5. The summed E-state index contributed by atoms with van der Waals surface area (Å²) < 4.78 is 7.48. The van der Waals surface area contributed by atoms with Crippen LogP contribution in [0.1, 0.15) is 43.1 Å². The van der Waals surface area contributed by atoms with Gasteiger partial charge in [0.1, 0.15) is 5.82 Å². The molecule has 1 amide bonds. The molecule has 1 aromatic carbocycles. The number of amides is 1. The third-order valence-corrected chi connectivity index (χ3v) is 6.90. The Morgan fingerprint density at radius 2 is 2.03 bits per heavy atom. The maximum Gasteiger partial charge on any atom is 0.232 e. The van der Waals surface area contributed by atoms with Crippen LogP contribution in [-0.2, 0) is 21.5 Å². The molecule has 0 unspecified atom stereocenters. The number of aliphatic imine (C=N–C) groups is 1. The number of guanidine groups is 1. The third kappa shape index (κ3) is 3.65. The molecule has 4 heterocycles. The lowest BCUT2D eigenvalue weighted by Crippen LogP contribution is -2.55. The Morgan fingerprint density at radius 3 is 2.81 bits per heavy atom. The number of hydrogen-bond acceptors (Lipinski definition) is 5. The summed E-state index contributed by atoms with van der Waals surface area (Å²) >= 11 is 6.89. The van der Waals surface area contributed by atoms with Gasteiger partial charge in [0.25, 0.3) is 0 Å². The van der Waals surface area contributed by atoms with Crippen LogP contribution in [0, 0.1) is 0 Å². The first-order valence-corrected chi connectivity index (χ1v) is 11.3. The second-order valence-corrected chi connectivity index (χ2v) is 9.03. The molecule has 0 spiro atoms. The molecule has 1 atom stereocenters. The predicted octanol–water partition coefficient (Wildman–Crippen LogP) is 3.52. The van der Waals surface area contributed by atoms with Gasteiger partial charge in [0, 0.05) is 36.9 Å². The average Bonchev–Trinajstić information content (AvgIpc) is 3.18. The number of aromatic nitrogens is 2. The molecule has 1 saturated heterocycles. The number of ether oxygens (including phenoxy) is 1. The Morgan fingerprint density at radius 1 is 1.22 bits per heavy atom. The zero-order valence-electron chi connectivity index (χ0n) is 18.0. The highest BCUT2D eigenvalue weighted by molar-refractivity contribution is 6.32. The summed E-state index contributed by atoms with van der Waals surface area (Å²) in [5, 5.41) is 0.603. The van der Waals surface area contributed by atoms with Crippen molar-refractivity contribution in [3.63, 3.8) is 0 Å². The Labute approximate surface area is 191 Å². The van der Waals surface area contributed by atoms with Gasteiger partial charge in [0.05, 0.1) is 23.7 Å². The van der Waals surface area contributed by atoms with Gasteiger partial charge in [0.15, 0.2) is 5.96 Å². The summed E-state index contributed by atoms with van der Waals surface area (Å²) in [6.07, 6.45) is 6.18. The molecule has 0 aliphatic carbocycles. The van der Waals surface area contributed by atoms with Crippen LogP contribution in [0.3, 0.4) is 0 Å². The zero-order chi connectivity index (χ0) is 22.3. The van der Waals surface area contributed by atoms with E-state index in [1.54, 1.807) is 4.90 Å². The maximum absolute atomic E-state index is 13.2. The Kier molecular flexibility index (Phi) is 5.39. The summed E-state index contributed by atoms with van der Waals surface area (Å²) in [5.74, 6) is 1.14. The van der Waals surface area contributed by atoms with Gasteiger partial charge in [0.2, 0.25) is 5.91 Å². The lowest BCUT2D eigenvalue weighted by molar-refractivity contribution is -0.132. The summed E-state index contributed by atoms with van der Waals surface area (Å²) in [4.78, 5) is 24.2. The SMILES string of the molecule is C[C@@]1(c2cccc(Cc3ncc4ccccn34)c2Cl)CC(=O)N(C2CCOCC2)C(N)=N1. The largest absolute Gasteiger partial charge is 0.381 e. The number of benzene rings is 1. The molecule has 1 fully saturated rings. The van der Waals surface area contributed by atoms with E-state index in [0.29, 0.717) is 24.7 Å². The minimum Gasteiger partial charge on any atom is -0.381 e. The molecular weight excluding hydrogens is 426 g/mol. The number of nitrogens with zero attached hydrogens (tertiary/aromatic N) is 4. The average molecular weight is 452 g/mol. The number of carbonyl (C=O) groups excluding carboxylic acids is 1. The second kappa shape index (κ2) is 8.22. The van der Waals surface area contributed by atoms with Crippen molar-refractivity contribution in [3.05, 3.63) is 70.8 Å². The molecule has 0 radical (unpaired) electrons. The molecule has 0 saturated carbocycles. The molecule has 2 aliphatic heterocycles. The number of nitrogens with two attached hydrogens (primary N) is 1. The van der Waals surface area contributed by atoms with Crippen molar-refractivity contribution < 1.29 is 9.53 Å². The fourth-order valence-corrected chi connectivity index (χ4v) is 5.17. The highest BCUT2D eigenvalue weighted by Gasteiger charge is 2.41. The topological polar surface area (TPSA) is 85.2 Å². The number of carbonyl (C=O) groups is 1. The Balaban J connectivity index is 1.47. The molecule has 8 heteroatoms. The van der Waals surface area contributed by atoms with Gasteiger partial charge >= 0.3 is 0 Å². The van der Waals surface area contributed by atoms with Crippen LogP contribution < -0.4 is 5.73 Å². The molecular formula is C24H26ClN5O2. The van der Waals surface area contributed by atoms with Gasteiger partial charge in [-0.3, -0.25) is 9.69 Å². The lowest BCUT2D eigenvalue weighted by atomic mass is 9.85. The first kappa shape index (κ1) is 21.0. The van der Waals surface area contributed by atoms with Crippen molar-refractivity contribution in [1.29, 1.82) is 0 Å².